The monoisotopic (exact) mass is 655 g/mol. The Balaban J connectivity index is 1.52. The third-order valence-electron chi connectivity index (χ3n) is 8.18. The lowest BCUT2D eigenvalue weighted by Crippen LogP contribution is -2.67. The van der Waals surface area contributed by atoms with Gasteiger partial charge in [0.25, 0.3) is 8.32 Å². The van der Waals surface area contributed by atoms with Crippen LogP contribution in [0.25, 0.3) is 0 Å². The molecule has 0 spiro atoms. The molecular weight excluding hydrogens is 611 g/mol. The van der Waals surface area contributed by atoms with Crippen LogP contribution in [-0.2, 0) is 31.9 Å². The van der Waals surface area contributed by atoms with E-state index in [4.69, 9.17) is 13.9 Å². The zero-order valence-electron chi connectivity index (χ0n) is 27.3. The molecule has 0 heterocycles. The molecule has 9 heteroatoms. The number of carbonyl (C=O) groups is 2. The minimum Gasteiger partial charge on any atom is -0.459 e. The number of ether oxygens (including phenoxy) is 2. The summed E-state index contributed by atoms with van der Waals surface area (Å²) in [5, 5.41) is 26.5. The lowest BCUT2D eigenvalue weighted by Gasteiger charge is -2.44. The topological polar surface area (TPSA) is 114 Å². The molecule has 0 aliphatic carbocycles. The van der Waals surface area contributed by atoms with E-state index in [9.17, 15) is 19.8 Å². The number of rotatable bonds is 15. The molecule has 4 rings (SSSR count). The molecule has 0 fully saturated rings. The lowest BCUT2D eigenvalue weighted by molar-refractivity contribution is -0.148. The Morgan fingerprint density at radius 1 is 0.723 bits per heavy atom. The first-order valence-corrected chi connectivity index (χ1v) is 17.7. The van der Waals surface area contributed by atoms with Crippen molar-refractivity contribution in [3.05, 3.63) is 132 Å². The fourth-order valence-corrected chi connectivity index (χ4v) is 10.2. The number of amides is 1. The number of hydrogen-bond donors (Lipinski definition) is 3. The van der Waals surface area contributed by atoms with Gasteiger partial charge in [-0.25, -0.2) is 9.59 Å². The molecule has 0 aliphatic rings. The molecule has 0 radical (unpaired) electrons. The van der Waals surface area contributed by atoms with Crippen LogP contribution in [0, 0.1) is 0 Å². The molecule has 0 saturated carbocycles. The summed E-state index contributed by atoms with van der Waals surface area (Å²) < 4.78 is 17.8. The fourth-order valence-electron chi connectivity index (χ4n) is 5.60. The van der Waals surface area contributed by atoms with Crippen molar-refractivity contribution in [1.29, 1.82) is 0 Å². The molecular formula is C38H45NO7Si. The average molecular weight is 656 g/mol. The van der Waals surface area contributed by atoms with E-state index in [-0.39, 0.29) is 37.7 Å². The summed E-state index contributed by atoms with van der Waals surface area (Å²) in [7, 11) is -3.03. The number of nitrogens with one attached hydrogen (secondary N) is 1. The highest BCUT2D eigenvalue weighted by Crippen LogP contribution is 2.37. The number of aliphatic hydroxyl groups excluding tert-OH is 1. The fraction of sp³-hybridized carbons (Fsp3) is 0.316. The highest BCUT2D eigenvalue weighted by atomic mass is 28.4. The van der Waals surface area contributed by atoms with Crippen LogP contribution in [0.5, 0.6) is 0 Å². The number of esters is 1. The minimum absolute atomic E-state index is 0.0121. The number of hydrogen-bond acceptors (Lipinski definition) is 7. The maximum atomic E-state index is 13.3. The van der Waals surface area contributed by atoms with Crippen LogP contribution < -0.4 is 15.7 Å². The van der Waals surface area contributed by atoms with Crippen molar-refractivity contribution in [3.8, 4) is 0 Å². The Bertz CT molecular complexity index is 1490. The third-order valence-corrected chi connectivity index (χ3v) is 13.2. The van der Waals surface area contributed by atoms with Gasteiger partial charge in [0.05, 0.1) is 13.2 Å². The predicted molar refractivity (Wildman–Crippen MR) is 185 cm³/mol. The van der Waals surface area contributed by atoms with Gasteiger partial charge in [-0.2, -0.15) is 0 Å². The number of benzene rings is 4. The Kier molecular flexibility index (Phi) is 12.5. The van der Waals surface area contributed by atoms with Crippen LogP contribution in [0.2, 0.25) is 5.04 Å². The summed E-state index contributed by atoms with van der Waals surface area (Å²) >= 11 is 0. The van der Waals surface area contributed by atoms with Crippen molar-refractivity contribution in [2.75, 3.05) is 13.2 Å². The van der Waals surface area contributed by atoms with Crippen molar-refractivity contribution in [1.82, 2.24) is 5.32 Å². The van der Waals surface area contributed by atoms with Gasteiger partial charge in [-0.3, -0.25) is 0 Å². The van der Waals surface area contributed by atoms with E-state index in [1.165, 1.54) is 0 Å². The summed E-state index contributed by atoms with van der Waals surface area (Å²) in [6, 6.07) is 37.2. The van der Waals surface area contributed by atoms with Crippen molar-refractivity contribution in [2.45, 2.75) is 63.5 Å². The van der Waals surface area contributed by atoms with Crippen molar-refractivity contribution in [3.63, 3.8) is 0 Å². The summed E-state index contributed by atoms with van der Waals surface area (Å²) in [5.41, 5.74) is -0.140. The second-order valence-corrected chi connectivity index (χ2v) is 17.0. The summed E-state index contributed by atoms with van der Waals surface area (Å²) in [5.74, 6) is -0.682. The quantitative estimate of drug-likeness (QED) is 0.121. The van der Waals surface area contributed by atoms with Gasteiger partial charge in [-0.15, -0.1) is 0 Å². The maximum absolute atomic E-state index is 13.3. The molecule has 4 aromatic carbocycles. The largest absolute Gasteiger partial charge is 0.459 e. The summed E-state index contributed by atoms with van der Waals surface area (Å²) in [6.07, 6.45) is -0.896. The SMILES string of the molecule is CC(C)(C)[Si](OC[C@](O)(CO)CC[C@H](NC(=O)OCc1ccccc1)C(=O)OCc1ccccc1)(c1ccccc1)c1ccccc1. The summed E-state index contributed by atoms with van der Waals surface area (Å²) in [4.78, 5) is 26.1. The molecule has 0 aromatic heterocycles. The molecule has 0 bridgehead atoms. The van der Waals surface area contributed by atoms with E-state index >= 15 is 0 Å². The van der Waals surface area contributed by atoms with E-state index < -0.39 is 38.6 Å². The standard InChI is InChI=1S/C38H45NO7Si/c1-37(2,3)47(32-20-12-6-13-21-32,33-22-14-7-15-23-33)46-29-38(43,28-40)25-24-34(35(41)44-26-30-16-8-4-9-17-30)39-36(42)45-27-31-18-10-5-11-19-31/h4-23,34,40,43H,24-29H2,1-3H3,(H,39,42)/t34-,38+/m0/s1. The first-order valence-electron chi connectivity index (χ1n) is 15.8. The molecule has 248 valence electrons. The van der Waals surface area contributed by atoms with Crippen LogP contribution >= 0.6 is 0 Å². The molecule has 0 saturated heterocycles. The average Bonchev–Trinajstić information content (AvgIpc) is 3.09. The molecule has 8 nitrogen and oxygen atoms in total. The number of alkyl carbamates (subject to hydrolysis) is 1. The van der Waals surface area contributed by atoms with Gasteiger partial charge in [0, 0.05) is 0 Å². The van der Waals surface area contributed by atoms with Gasteiger partial charge in [0.1, 0.15) is 24.9 Å². The highest BCUT2D eigenvalue weighted by Gasteiger charge is 2.51. The van der Waals surface area contributed by atoms with E-state index in [1.807, 2.05) is 121 Å². The zero-order chi connectivity index (χ0) is 33.8. The predicted octanol–water partition coefficient (Wildman–Crippen LogP) is 5.11. The van der Waals surface area contributed by atoms with E-state index in [1.54, 1.807) is 0 Å². The normalized spacial score (nSPS) is 13.6. The maximum Gasteiger partial charge on any atom is 0.408 e. The van der Waals surface area contributed by atoms with Crippen LogP contribution in [0.15, 0.2) is 121 Å². The van der Waals surface area contributed by atoms with Gasteiger partial charge in [-0.1, -0.05) is 142 Å². The first kappa shape index (κ1) is 35.6. The van der Waals surface area contributed by atoms with Crippen molar-refractivity contribution in [2.24, 2.45) is 0 Å². The van der Waals surface area contributed by atoms with Gasteiger partial charge >= 0.3 is 12.1 Å². The van der Waals surface area contributed by atoms with E-state index in [0.717, 1.165) is 21.5 Å². The van der Waals surface area contributed by atoms with Gasteiger partial charge in [-0.05, 0) is 39.4 Å². The minimum atomic E-state index is -3.03. The van der Waals surface area contributed by atoms with Crippen molar-refractivity contribution < 1.29 is 33.7 Å². The lowest BCUT2D eigenvalue weighted by atomic mass is 9.96. The molecule has 1 amide bonds. The number of carbonyl (C=O) groups excluding carboxylic acids is 2. The van der Waals surface area contributed by atoms with Gasteiger partial charge in [0.2, 0.25) is 0 Å². The summed E-state index contributed by atoms with van der Waals surface area (Å²) in [6.45, 7) is 5.60. The second kappa shape index (κ2) is 16.5. The molecule has 2 atom stereocenters. The molecule has 3 N–H and O–H groups in total. The Labute approximate surface area is 278 Å². The van der Waals surface area contributed by atoms with Gasteiger partial charge < -0.3 is 29.4 Å². The molecule has 0 unspecified atom stereocenters. The highest BCUT2D eigenvalue weighted by molar-refractivity contribution is 6.99. The molecule has 4 aromatic rings. The molecule has 0 aliphatic heterocycles. The van der Waals surface area contributed by atoms with Crippen LogP contribution in [0.1, 0.15) is 44.7 Å². The smallest absolute Gasteiger partial charge is 0.408 e. The number of aliphatic hydroxyl groups is 2. The van der Waals surface area contributed by atoms with Gasteiger partial charge in [0.15, 0.2) is 0 Å². The molecule has 47 heavy (non-hydrogen) atoms. The van der Waals surface area contributed by atoms with E-state index in [0.29, 0.717) is 0 Å². The second-order valence-electron chi connectivity index (χ2n) is 12.7. The zero-order valence-corrected chi connectivity index (χ0v) is 28.3. The van der Waals surface area contributed by atoms with E-state index in [2.05, 4.69) is 26.1 Å². The Hall–Kier alpha value is -4.28. The van der Waals surface area contributed by atoms with Crippen molar-refractivity contribution >= 4 is 30.8 Å². The first-order chi connectivity index (χ1) is 22.6. The Morgan fingerprint density at radius 3 is 1.62 bits per heavy atom. The van der Waals surface area contributed by atoms with Crippen LogP contribution in [0.4, 0.5) is 4.79 Å². The van der Waals surface area contributed by atoms with Crippen LogP contribution in [-0.4, -0.2) is 55.4 Å². The van der Waals surface area contributed by atoms with Crippen LogP contribution in [0.3, 0.4) is 0 Å². The third kappa shape index (κ3) is 9.62. The Morgan fingerprint density at radius 2 is 1.17 bits per heavy atom.